The maximum absolute atomic E-state index is 12.6. The molecule has 0 spiro atoms. The van der Waals surface area contributed by atoms with Crippen LogP contribution in [0.2, 0.25) is 0 Å². The molecule has 6 nitrogen and oxygen atoms in total. The number of nitrogens with one attached hydrogen (secondary N) is 1. The van der Waals surface area contributed by atoms with E-state index in [1.807, 2.05) is 36.6 Å². The molecule has 1 N–H and O–H groups in total. The van der Waals surface area contributed by atoms with Crippen LogP contribution in [0, 0.1) is 0 Å². The highest BCUT2D eigenvalue weighted by molar-refractivity contribution is 7.98. The van der Waals surface area contributed by atoms with Gasteiger partial charge in [0.05, 0.1) is 17.5 Å². The van der Waals surface area contributed by atoms with Gasteiger partial charge >= 0.3 is 0 Å². The average molecular weight is 409 g/mol. The number of thioether (sulfide) groups is 1. The quantitative estimate of drug-likeness (QED) is 0.646. The maximum atomic E-state index is 12.6. The largest absolute Gasteiger partial charge is 0.491 e. The normalized spacial score (nSPS) is 12.6. The van der Waals surface area contributed by atoms with Gasteiger partial charge in [0.1, 0.15) is 12.4 Å². The van der Waals surface area contributed by atoms with E-state index >= 15 is 0 Å². The lowest BCUT2D eigenvalue weighted by molar-refractivity contribution is -0.121. The summed E-state index contributed by atoms with van der Waals surface area (Å²) in [7, 11) is -2.33. The van der Waals surface area contributed by atoms with Crippen molar-refractivity contribution in [2.75, 3.05) is 26.5 Å². The van der Waals surface area contributed by atoms with E-state index in [1.54, 1.807) is 31.2 Å². The van der Waals surface area contributed by atoms with Gasteiger partial charge in [-0.1, -0.05) is 18.2 Å². The van der Waals surface area contributed by atoms with E-state index in [0.29, 0.717) is 12.4 Å². The van der Waals surface area contributed by atoms with Crippen molar-refractivity contribution in [2.45, 2.75) is 22.8 Å². The summed E-state index contributed by atoms with van der Waals surface area (Å²) in [5, 5.41) is 2.75. The molecule has 1 unspecified atom stereocenters. The molecule has 27 heavy (non-hydrogen) atoms. The van der Waals surface area contributed by atoms with Crippen molar-refractivity contribution in [3.63, 3.8) is 0 Å². The lowest BCUT2D eigenvalue weighted by Gasteiger charge is -2.19. The molecular formula is C19H24N2O4S2. The van der Waals surface area contributed by atoms with Crippen LogP contribution in [-0.2, 0) is 14.8 Å². The topological polar surface area (TPSA) is 75.7 Å². The number of nitrogens with zero attached hydrogens (tertiary/aromatic N) is 1. The molecule has 2 aromatic carbocycles. The van der Waals surface area contributed by atoms with Gasteiger partial charge in [-0.25, -0.2) is 8.42 Å². The standard InChI is InChI=1S/C19H24N2O4S2/c1-15(14-25-16-7-5-4-6-8-16)20-19(22)13-21(2)27(23,24)18-11-9-17(26-3)10-12-18/h4-12,15H,13-14H2,1-3H3,(H,20,22). The number of sulfonamides is 1. The first-order valence-electron chi connectivity index (χ1n) is 8.40. The van der Waals surface area contributed by atoms with Crippen molar-refractivity contribution in [2.24, 2.45) is 0 Å². The summed E-state index contributed by atoms with van der Waals surface area (Å²) < 4.78 is 31.8. The number of rotatable bonds is 9. The molecule has 146 valence electrons. The molecule has 0 aliphatic rings. The molecule has 2 aromatic rings. The second-order valence-electron chi connectivity index (χ2n) is 6.03. The average Bonchev–Trinajstić information content (AvgIpc) is 2.67. The Hall–Kier alpha value is -2.03. The Morgan fingerprint density at radius 3 is 2.37 bits per heavy atom. The van der Waals surface area contributed by atoms with E-state index in [0.717, 1.165) is 9.20 Å². The van der Waals surface area contributed by atoms with Crippen LogP contribution in [0.1, 0.15) is 6.92 Å². The Bertz CT molecular complexity index is 840. The highest BCUT2D eigenvalue weighted by Gasteiger charge is 2.23. The van der Waals surface area contributed by atoms with Crippen LogP contribution in [0.3, 0.4) is 0 Å². The summed E-state index contributed by atoms with van der Waals surface area (Å²) in [6.45, 7) is 1.83. The highest BCUT2D eigenvalue weighted by atomic mass is 32.2. The predicted molar refractivity (Wildman–Crippen MR) is 108 cm³/mol. The maximum Gasteiger partial charge on any atom is 0.243 e. The van der Waals surface area contributed by atoms with E-state index in [-0.39, 0.29) is 23.4 Å². The van der Waals surface area contributed by atoms with Gasteiger partial charge in [0.25, 0.3) is 0 Å². The molecule has 0 bridgehead atoms. The predicted octanol–water partition coefficient (Wildman–Crippen LogP) is 2.61. The minimum Gasteiger partial charge on any atom is -0.491 e. The molecule has 0 saturated carbocycles. The number of carbonyl (C=O) groups excluding carboxylic acids is 1. The Balaban J connectivity index is 1.87. The van der Waals surface area contributed by atoms with E-state index in [2.05, 4.69) is 5.32 Å². The van der Waals surface area contributed by atoms with Gasteiger partial charge in [0.15, 0.2) is 0 Å². The lowest BCUT2D eigenvalue weighted by Crippen LogP contribution is -2.43. The van der Waals surface area contributed by atoms with Crippen molar-refractivity contribution in [3.05, 3.63) is 54.6 Å². The van der Waals surface area contributed by atoms with Gasteiger partial charge in [0.2, 0.25) is 15.9 Å². The second-order valence-corrected chi connectivity index (χ2v) is 8.95. The number of benzene rings is 2. The molecule has 0 heterocycles. The minimum absolute atomic E-state index is 0.163. The SMILES string of the molecule is CSc1ccc(S(=O)(=O)N(C)CC(=O)NC(C)COc2ccccc2)cc1. The Morgan fingerprint density at radius 2 is 1.78 bits per heavy atom. The molecule has 0 radical (unpaired) electrons. The zero-order valence-corrected chi connectivity index (χ0v) is 17.2. The van der Waals surface area contributed by atoms with Gasteiger partial charge in [-0.05, 0) is 49.6 Å². The Labute approximate surface area is 165 Å². The first-order valence-corrected chi connectivity index (χ1v) is 11.1. The molecule has 0 fully saturated rings. The molecule has 0 aliphatic carbocycles. The number of ether oxygens (including phenoxy) is 1. The van der Waals surface area contributed by atoms with Crippen LogP contribution >= 0.6 is 11.8 Å². The van der Waals surface area contributed by atoms with Gasteiger partial charge in [-0.2, -0.15) is 4.31 Å². The highest BCUT2D eigenvalue weighted by Crippen LogP contribution is 2.19. The smallest absolute Gasteiger partial charge is 0.243 e. The number of likely N-dealkylation sites (N-methyl/N-ethyl adjacent to an activating group) is 1. The third-order valence-electron chi connectivity index (χ3n) is 3.78. The van der Waals surface area contributed by atoms with E-state index < -0.39 is 10.0 Å². The molecule has 0 saturated heterocycles. The lowest BCUT2D eigenvalue weighted by atomic mass is 10.3. The van der Waals surface area contributed by atoms with Gasteiger partial charge in [0, 0.05) is 11.9 Å². The van der Waals surface area contributed by atoms with Crippen molar-refractivity contribution in [3.8, 4) is 5.75 Å². The fourth-order valence-corrected chi connectivity index (χ4v) is 3.85. The van der Waals surface area contributed by atoms with Gasteiger partial charge in [-0.15, -0.1) is 11.8 Å². The number of hydrogen-bond donors (Lipinski definition) is 1. The molecule has 0 aromatic heterocycles. The van der Waals surface area contributed by atoms with Crippen LogP contribution in [0.4, 0.5) is 0 Å². The van der Waals surface area contributed by atoms with Crippen LogP contribution in [0.5, 0.6) is 5.75 Å². The van der Waals surface area contributed by atoms with Crippen LogP contribution in [0.15, 0.2) is 64.4 Å². The third-order valence-corrected chi connectivity index (χ3v) is 6.35. The fourth-order valence-electron chi connectivity index (χ4n) is 2.31. The van der Waals surface area contributed by atoms with E-state index in [1.165, 1.54) is 18.8 Å². The molecule has 1 amide bonds. The number of amides is 1. The third kappa shape index (κ3) is 6.27. The zero-order valence-electron chi connectivity index (χ0n) is 15.6. The number of para-hydroxylation sites is 1. The second kappa shape index (κ2) is 9.77. The van der Waals surface area contributed by atoms with Crippen LogP contribution in [-0.4, -0.2) is 51.1 Å². The Kier molecular flexibility index (Phi) is 7.70. The summed E-state index contributed by atoms with van der Waals surface area (Å²) in [6.07, 6.45) is 1.92. The van der Waals surface area contributed by atoms with E-state index in [4.69, 9.17) is 4.74 Å². The summed E-state index contributed by atoms with van der Waals surface area (Å²) in [5.74, 6) is 0.331. The summed E-state index contributed by atoms with van der Waals surface area (Å²) >= 11 is 1.53. The number of hydrogen-bond acceptors (Lipinski definition) is 5. The minimum atomic E-state index is -3.72. The summed E-state index contributed by atoms with van der Waals surface area (Å²) in [5.41, 5.74) is 0. The van der Waals surface area contributed by atoms with Crippen LogP contribution in [0.25, 0.3) is 0 Å². The molecular weight excluding hydrogens is 384 g/mol. The molecule has 2 rings (SSSR count). The van der Waals surface area contributed by atoms with Crippen molar-refractivity contribution >= 4 is 27.7 Å². The summed E-state index contributed by atoms with van der Waals surface area (Å²) in [4.78, 5) is 13.3. The van der Waals surface area contributed by atoms with Crippen molar-refractivity contribution in [1.82, 2.24) is 9.62 Å². The number of carbonyl (C=O) groups is 1. The molecule has 8 heteroatoms. The summed E-state index contributed by atoms with van der Waals surface area (Å²) in [6, 6.07) is 15.6. The fraction of sp³-hybridized carbons (Fsp3) is 0.316. The van der Waals surface area contributed by atoms with Gasteiger partial charge in [-0.3, -0.25) is 4.79 Å². The van der Waals surface area contributed by atoms with Gasteiger partial charge < -0.3 is 10.1 Å². The molecule has 1 atom stereocenters. The van der Waals surface area contributed by atoms with Crippen molar-refractivity contribution in [1.29, 1.82) is 0 Å². The first kappa shape index (κ1) is 21.3. The first-order chi connectivity index (χ1) is 12.8. The molecule has 0 aliphatic heterocycles. The Morgan fingerprint density at radius 1 is 1.15 bits per heavy atom. The van der Waals surface area contributed by atoms with E-state index in [9.17, 15) is 13.2 Å². The zero-order chi connectivity index (χ0) is 19.9. The van der Waals surface area contributed by atoms with Crippen LogP contribution < -0.4 is 10.1 Å². The monoisotopic (exact) mass is 408 g/mol. The van der Waals surface area contributed by atoms with Crippen molar-refractivity contribution < 1.29 is 17.9 Å².